The predicted octanol–water partition coefficient (Wildman–Crippen LogP) is 5.35. The number of rotatable bonds is 16. The SMILES string of the molecule is COCCCCCCCCCCCCCCCOC. The molecule has 0 fully saturated rings. The zero-order chi connectivity index (χ0) is 14.0. The molecule has 19 heavy (non-hydrogen) atoms. The summed E-state index contributed by atoms with van der Waals surface area (Å²) >= 11 is 0. The number of ether oxygens (including phenoxy) is 2. The Hall–Kier alpha value is -0.0800. The summed E-state index contributed by atoms with van der Waals surface area (Å²) in [6, 6.07) is 0. The summed E-state index contributed by atoms with van der Waals surface area (Å²) in [6.45, 7) is 1.87. The maximum Gasteiger partial charge on any atom is 0.0462 e. The third-order valence-electron chi connectivity index (χ3n) is 3.70. The summed E-state index contributed by atoms with van der Waals surface area (Å²) in [5.41, 5.74) is 0. The molecule has 0 saturated carbocycles. The standard InChI is InChI=1S/C17H36O2/c1-18-16-14-12-10-8-6-4-3-5-7-9-11-13-15-17-19-2/h3-17H2,1-2H3. The highest BCUT2D eigenvalue weighted by molar-refractivity contribution is 4.49. The van der Waals surface area contributed by atoms with Gasteiger partial charge < -0.3 is 9.47 Å². The zero-order valence-electron chi connectivity index (χ0n) is 13.4. The largest absolute Gasteiger partial charge is 0.385 e. The summed E-state index contributed by atoms with van der Waals surface area (Å²) in [5, 5.41) is 0. The monoisotopic (exact) mass is 272 g/mol. The number of unbranched alkanes of at least 4 members (excludes halogenated alkanes) is 12. The van der Waals surface area contributed by atoms with E-state index < -0.39 is 0 Å². The van der Waals surface area contributed by atoms with Crippen molar-refractivity contribution in [3.63, 3.8) is 0 Å². The van der Waals surface area contributed by atoms with E-state index in [0.29, 0.717) is 0 Å². The van der Waals surface area contributed by atoms with E-state index in [4.69, 9.17) is 9.47 Å². The molecule has 0 spiro atoms. The van der Waals surface area contributed by atoms with Crippen molar-refractivity contribution in [2.24, 2.45) is 0 Å². The lowest BCUT2D eigenvalue weighted by molar-refractivity contribution is 0.192. The minimum absolute atomic E-state index is 0.935. The van der Waals surface area contributed by atoms with Crippen molar-refractivity contribution in [3.05, 3.63) is 0 Å². The Morgan fingerprint density at radius 2 is 0.579 bits per heavy atom. The first kappa shape index (κ1) is 18.9. The van der Waals surface area contributed by atoms with Gasteiger partial charge in [-0.3, -0.25) is 0 Å². The van der Waals surface area contributed by atoms with Crippen LogP contribution in [0, 0.1) is 0 Å². The molecule has 0 aromatic heterocycles. The van der Waals surface area contributed by atoms with Gasteiger partial charge in [0.2, 0.25) is 0 Å². The Bertz CT molecular complexity index is 132. The molecule has 0 unspecified atom stereocenters. The van der Waals surface area contributed by atoms with E-state index in [0.717, 1.165) is 13.2 Å². The van der Waals surface area contributed by atoms with Crippen LogP contribution >= 0.6 is 0 Å². The lowest BCUT2D eigenvalue weighted by atomic mass is 10.0. The fourth-order valence-electron chi connectivity index (χ4n) is 2.44. The molecule has 0 amide bonds. The number of hydrogen-bond acceptors (Lipinski definition) is 2. The van der Waals surface area contributed by atoms with E-state index in [-0.39, 0.29) is 0 Å². The van der Waals surface area contributed by atoms with Crippen LogP contribution in [0.2, 0.25) is 0 Å². The number of hydrogen-bond donors (Lipinski definition) is 0. The summed E-state index contributed by atoms with van der Waals surface area (Å²) in [4.78, 5) is 0. The second-order valence-corrected chi connectivity index (χ2v) is 5.58. The molecule has 0 aromatic carbocycles. The Kier molecular flexibility index (Phi) is 17.8. The molecule has 0 radical (unpaired) electrons. The molecule has 0 bridgehead atoms. The van der Waals surface area contributed by atoms with Crippen LogP contribution in [0.5, 0.6) is 0 Å². The van der Waals surface area contributed by atoms with Crippen LogP contribution in [0.1, 0.15) is 83.5 Å². The van der Waals surface area contributed by atoms with Crippen LogP contribution in [0.25, 0.3) is 0 Å². The van der Waals surface area contributed by atoms with E-state index in [1.54, 1.807) is 14.2 Å². The van der Waals surface area contributed by atoms with Crippen molar-refractivity contribution in [1.82, 2.24) is 0 Å². The van der Waals surface area contributed by atoms with Crippen LogP contribution < -0.4 is 0 Å². The van der Waals surface area contributed by atoms with Crippen LogP contribution in [0.15, 0.2) is 0 Å². The van der Waals surface area contributed by atoms with Gasteiger partial charge in [0.25, 0.3) is 0 Å². The van der Waals surface area contributed by atoms with Gasteiger partial charge in [-0.2, -0.15) is 0 Å². The van der Waals surface area contributed by atoms with Gasteiger partial charge in [0, 0.05) is 27.4 Å². The average molecular weight is 272 g/mol. The lowest BCUT2D eigenvalue weighted by Gasteiger charge is -2.03. The van der Waals surface area contributed by atoms with Gasteiger partial charge in [-0.05, 0) is 12.8 Å². The first-order valence-electron chi connectivity index (χ1n) is 8.39. The van der Waals surface area contributed by atoms with Crippen LogP contribution in [-0.2, 0) is 9.47 Å². The molecule has 0 aliphatic rings. The molecule has 2 nitrogen and oxygen atoms in total. The normalized spacial score (nSPS) is 11.1. The average Bonchev–Trinajstić information content (AvgIpc) is 2.43. The highest BCUT2D eigenvalue weighted by Gasteiger charge is 1.94. The fraction of sp³-hybridized carbons (Fsp3) is 1.00. The Labute approximate surface area is 121 Å². The van der Waals surface area contributed by atoms with Gasteiger partial charge in [-0.25, -0.2) is 0 Å². The topological polar surface area (TPSA) is 18.5 Å². The molecule has 0 N–H and O–H groups in total. The first-order chi connectivity index (χ1) is 9.41. The summed E-state index contributed by atoms with van der Waals surface area (Å²) in [7, 11) is 3.58. The van der Waals surface area contributed by atoms with E-state index in [9.17, 15) is 0 Å². The minimum Gasteiger partial charge on any atom is -0.385 e. The van der Waals surface area contributed by atoms with Gasteiger partial charge in [-0.1, -0.05) is 70.6 Å². The molecule has 0 atom stereocenters. The molecule has 0 aromatic rings. The van der Waals surface area contributed by atoms with E-state index in [1.807, 2.05) is 0 Å². The summed E-state index contributed by atoms with van der Waals surface area (Å²) in [5.74, 6) is 0. The van der Waals surface area contributed by atoms with Crippen molar-refractivity contribution in [3.8, 4) is 0 Å². The maximum absolute atomic E-state index is 5.05. The maximum atomic E-state index is 5.05. The summed E-state index contributed by atoms with van der Waals surface area (Å²) < 4.78 is 10.1. The Morgan fingerprint density at radius 3 is 0.789 bits per heavy atom. The quantitative estimate of drug-likeness (QED) is 0.353. The minimum atomic E-state index is 0.935. The number of methoxy groups -OCH3 is 2. The van der Waals surface area contributed by atoms with Crippen molar-refractivity contribution >= 4 is 0 Å². The molecular formula is C17H36O2. The van der Waals surface area contributed by atoms with Gasteiger partial charge >= 0.3 is 0 Å². The van der Waals surface area contributed by atoms with E-state index >= 15 is 0 Å². The predicted molar refractivity (Wildman–Crippen MR) is 83.8 cm³/mol. The highest BCUT2D eigenvalue weighted by Crippen LogP contribution is 2.12. The van der Waals surface area contributed by atoms with Crippen molar-refractivity contribution in [2.45, 2.75) is 83.5 Å². The Balaban J connectivity index is 2.88. The van der Waals surface area contributed by atoms with E-state index in [2.05, 4.69) is 0 Å². The van der Waals surface area contributed by atoms with Crippen molar-refractivity contribution in [2.75, 3.05) is 27.4 Å². The first-order valence-corrected chi connectivity index (χ1v) is 8.39. The van der Waals surface area contributed by atoms with Crippen molar-refractivity contribution < 1.29 is 9.47 Å². The third-order valence-corrected chi connectivity index (χ3v) is 3.70. The van der Waals surface area contributed by atoms with Gasteiger partial charge in [0.1, 0.15) is 0 Å². The van der Waals surface area contributed by atoms with E-state index in [1.165, 1.54) is 83.5 Å². The van der Waals surface area contributed by atoms with Gasteiger partial charge in [-0.15, -0.1) is 0 Å². The highest BCUT2D eigenvalue weighted by atomic mass is 16.5. The molecule has 0 aliphatic heterocycles. The molecular weight excluding hydrogens is 236 g/mol. The van der Waals surface area contributed by atoms with Crippen LogP contribution in [0.4, 0.5) is 0 Å². The summed E-state index contributed by atoms with van der Waals surface area (Å²) in [6.07, 6.45) is 18.0. The molecule has 116 valence electrons. The van der Waals surface area contributed by atoms with Crippen LogP contribution in [-0.4, -0.2) is 27.4 Å². The third kappa shape index (κ3) is 17.9. The smallest absolute Gasteiger partial charge is 0.0462 e. The lowest BCUT2D eigenvalue weighted by Crippen LogP contribution is -1.89. The second kappa shape index (κ2) is 17.9. The second-order valence-electron chi connectivity index (χ2n) is 5.58. The molecule has 0 saturated heterocycles. The molecule has 0 heterocycles. The molecule has 2 heteroatoms. The fourth-order valence-corrected chi connectivity index (χ4v) is 2.44. The zero-order valence-corrected chi connectivity index (χ0v) is 13.4. The van der Waals surface area contributed by atoms with Crippen LogP contribution in [0.3, 0.4) is 0 Å². The van der Waals surface area contributed by atoms with Crippen molar-refractivity contribution in [1.29, 1.82) is 0 Å². The molecule has 0 aliphatic carbocycles. The van der Waals surface area contributed by atoms with Gasteiger partial charge in [0.05, 0.1) is 0 Å². The van der Waals surface area contributed by atoms with Gasteiger partial charge in [0.15, 0.2) is 0 Å². The Morgan fingerprint density at radius 1 is 0.368 bits per heavy atom. The molecule has 0 rings (SSSR count).